The second-order valence-corrected chi connectivity index (χ2v) is 5.48. The number of rotatable bonds is 3. The van der Waals surface area contributed by atoms with E-state index >= 15 is 0 Å². The second-order valence-electron chi connectivity index (χ2n) is 5.48. The van der Waals surface area contributed by atoms with Crippen LogP contribution in [0.2, 0.25) is 0 Å². The van der Waals surface area contributed by atoms with Gasteiger partial charge in [0.25, 0.3) is 5.56 Å². The number of aromatic nitrogens is 3. The number of nitrogens with zero attached hydrogens (tertiary/aromatic N) is 3. The standard InChI is InChI=1S/C19H14FN3O/c20-17-11-5-4-7-14(17)13-22-18-16(10-6-12-21-18)19(24)23(22)15-8-2-1-3-9-15/h1-12H,13H2. The minimum Gasteiger partial charge on any atom is -0.267 e. The van der Waals surface area contributed by atoms with Crippen LogP contribution in [0.15, 0.2) is 77.7 Å². The van der Waals surface area contributed by atoms with Crippen LogP contribution < -0.4 is 5.56 Å². The first-order valence-corrected chi connectivity index (χ1v) is 7.61. The molecule has 0 saturated carbocycles. The molecule has 0 saturated heterocycles. The number of hydrogen-bond donors (Lipinski definition) is 0. The summed E-state index contributed by atoms with van der Waals surface area (Å²) < 4.78 is 17.4. The van der Waals surface area contributed by atoms with Crippen molar-refractivity contribution in [3.8, 4) is 5.69 Å². The molecule has 24 heavy (non-hydrogen) atoms. The van der Waals surface area contributed by atoms with Crippen LogP contribution in [-0.4, -0.2) is 14.3 Å². The molecule has 0 atom stereocenters. The zero-order valence-electron chi connectivity index (χ0n) is 12.8. The summed E-state index contributed by atoms with van der Waals surface area (Å²) in [5.74, 6) is -0.303. The van der Waals surface area contributed by atoms with Crippen LogP contribution in [0.1, 0.15) is 5.56 Å². The van der Waals surface area contributed by atoms with Gasteiger partial charge in [-0.15, -0.1) is 0 Å². The van der Waals surface area contributed by atoms with Crippen LogP contribution >= 0.6 is 0 Å². The first-order valence-electron chi connectivity index (χ1n) is 7.61. The summed E-state index contributed by atoms with van der Waals surface area (Å²) in [7, 11) is 0. The van der Waals surface area contributed by atoms with Crippen LogP contribution in [0.25, 0.3) is 16.7 Å². The molecule has 0 aliphatic heterocycles. The number of fused-ring (bicyclic) bond motifs is 1. The van der Waals surface area contributed by atoms with E-state index in [0.717, 1.165) is 5.69 Å². The lowest BCUT2D eigenvalue weighted by Gasteiger charge is -2.12. The molecular weight excluding hydrogens is 305 g/mol. The molecule has 0 N–H and O–H groups in total. The highest BCUT2D eigenvalue weighted by atomic mass is 19.1. The van der Waals surface area contributed by atoms with Gasteiger partial charge in [0, 0.05) is 11.8 Å². The molecule has 0 fully saturated rings. The number of para-hydroxylation sites is 1. The molecule has 0 radical (unpaired) electrons. The Labute approximate surface area is 137 Å². The lowest BCUT2D eigenvalue weighted by atomic mass is 10.2. The van der Waals surface area contributed by atoms with E-state index < -0.39 is 0 Å². The highest BCUT2D eigenvalue weighted by Crippen LogP contribution is 2.16. The van der Waals surface area contributed by atoms with Crippen molar-refractivity contribution >= 4 is 11.0 Å². The smallest absolute Gasteiger partial charge is 0.267 e. The summed E-state index contributed by atoms with van der Waals surface area (Å²) in [4.78, 5) is 17.2. The average molecular weight is 319 g/mol. The van der Waals surface area contributed by atoms with E-state index in [4.69, 9.17) is 0 Å². The molecule has 0 aliphatic rings. The summed E-state index contributed by atoms with van der Waals surface area (Å²) in [6, 6.07) is 19.3. The van der Waals surface area contributed by atoms with Crippen molar-refractivity contribution in [3.63, 3.8) is 0 Å². The first-order chi connectivity index (χ1) is 11.8. The zero-order valence-corrected chi connectivity index (χ0v) is 12.8. The van der Waals surface area contributed by atoms with E-state index in [9.17, 15) is 9.18 Å². The molecule has 4 nitrogen and oxygen atoms in total. The van der Waals surface area contributed by atoms with Crippen LogP contribution in [0.3, 0.4) is 0 Å². The molecular formula is C19H14FN3O. The van der Waals surface area contributed by atoms with Gasteiger partial charge < -0.3 is 0 Å². The van der Waals surface area contributed by atoms with Gasteiger partial charge in [0.1, 0.15) is 5.82 Å². The third-order valence-electron chi connectivity index (χ3n) is 3.97. The van der Waals surface area contributed by atoms with Gasteiger partial charge in [-0.25, -0.2) is 14.1 Å². The van der Waals surface area contributed by atoms with Gasteiger partial charge in [-0.2, -0.15) is 0 Å². The van der Waals surface area contributed by atoms with Crippen LogP contribution in [0.4, 0.5) is 4.39 Å². The SMILES string of the molecule is O=c1c2cccnc2n(Cc2ccccc2F)n1-c1ccccc1. The Balaban J connectivity index is 2.00. The molecule has 0 bridgehead atoms. The van der Waals surface area contributed by atoms with E-state index in [1.807, 2.05) is 30.3 Å². The Morgan fingerprint density at radius 1 is 0.917 bits per heavy atom. The second kappa shape index (κ2) is 5.77. The highest BCUT2D eigenvalue weighted by Gasteiger charge is 2.16. The van der Waals surface area contributed by atoms with Gasteiger partial charge in [-0.1, -0.05) is 36.4 Å². The van der Waals surface area contributed by atoms with Gasteiger partial charge in [0.15, 0.2) is 5.65 Å². The Bertz CT molecular complexity index is 1070. The third-order valence-corrected chi connectivity index (χ3v) is 3.97. The number of pyridine rings is 1. The van der Waals surface area contributed by atoms with Crippen molar-refractivity contribution in [2.75, 3.05) is 0 Å². The highest BCUT2D eigenvalue weighted by molar-refractivity contribution is 5.75. The maximum absolute atomic E-state index is 14.1. The third kappa shape index (κ3) is 2.31. The van der Waals surface area contributed by atoms with Gasteiger partial charge >= 0.3 is 0 Å². The summed E-state index contributed by atoms with van der Waals surface area (Å²) in [6.45, 7) is 0.220. The van der Waals surface area contributed by atoms with E-state index in [0.29, 0.717) is 16.6 Å². The Hall–Kier alpha value is -3.21. The maximum atomic E-state index is 14.1. The van der Waals surface area contributed by atoms with Gasteiger partial charge in [0.05, 0.1) is 17.6 Å². The summed E-state index contributed by atoms with van der Waals surface area (Å²) >= 11 is 0. The van der Waals surface area contributed by atoms with Crippen LogP contribution in [0, 0.1) is 5.82 Å². The van der Waals surface area contributed by atoms with Crippen molar-refractivity contribution in [1.29, 1.82) is 0 Å². The molecule has 2 aromatic carbocycles. The molecule has 4 aromatic rings. The first kappa shape index (κ1) is 14.4. The molecule has 0 unspecified atom stereocenters. The van der Waals surface area contributed by atoms with Crippen molar-refractivity contribution in [3.05, 3.63) is 94.7 Å². The fraction of sp³-hybridized carbons (Fsp3) is 0.0526. The Morgan fingerprint density at radius 3 is 2.46 bits per heavy atom. The fourth-order valence-corrected chi connectivity index (χ4v) is 2.85. The van der Waals surface area contributed by atoms with Crippen molar-refractivity contribution in [1.82, 2.24) is 14.3 Å². The molecule has 0 aliphatic carbocycles. The number of hydrogen-bond acceptors (Lipinski definition) is 2. The summed E-state index contributed by atoms with van der Waals surface area (Å²) in [5, 5.41) is 0.512. The van der Waals surface area contributed by atoms with Gasteiger partial charge in [-0.3, -0.25) is 9.48 Å². The topological polar surface area (TPSA) is 39.8 Å². The minimum atomic E-state index is -0.303. The number of halogens is 1. The molecule has 5 heteroatoms. The van der Waals surface area contributed by atoms with Crippen molar-refractivity contribution in [2.45, 2.75) is 6.54 Å². The Morgan fingerprint density at radius 2 is 1.67 bits per heavy atom. The number of benzene rings is 2. The molecule has 2 aromatic heterocycles. The maximum Gasteiger partial charge on any atom is 0.280 e. The van der Waals surface area contributed by atoms with Gasteiger partial charge in [0.2, 0.25) is 0 Å². The van der Waals surface area contributed by atoms with Crippen LogP contribution in [-0.2, 0) is 6.54 Å². The summed E-state index contributed by atoms with van der Waals surface area (Å²) in [6.07, 6.45) is 1.63. The van der Waals surface area contributed by atoms with Crippen LogP contribution in [0.5, 0.6) is 0 Å². The largest absolute Gasteiger partial charge is 0.280 e. The van der Waals surface area contributed by atoms with Gasteiger partial charge in [-0.05, 0) is 30.3 Å². The van der Waals surface area contributed by atoms with E-state index in [1.165, 1.54) is 6.07 Å². The molecule has 0 amide bonds. The Kier molecular flexibility index (Phi) is 3.46. The van der Waals surface area contributed by atoms with E-state index in [2.05, 4.69) is 4.98 Å². The van der Waals surface area contributed by atoms with E-state index in [1.54, 1.807) is 45.9 Å². The monoisotopic (exact) mass is 319 g/mol. The lowest BCUT2D eigenvalue weighted by Crippen LogP contribution is -2.22. The molecule has 4 rings (SSSR count). The zero-order chi connectivity index (χ0) is 16.5. The van der Waals surface area contributed by atoms with Crippen molar-refractivity contribution in [2.24, 2.45) is 0 Å². The predicted molar refractivity (Wildman–Crippen MR) is 90.8 cm³/mol. The average Bonchev–Trinajstić information content (AvgIpc) is 2.90. The predicted octanol–water partition coefficient (Wildman–Crippen LogP) is 3.37. The van der Waals surface area contributed by atoms with Crippen molar-refractivity contribution < 1.29 is 4.39 Å². The quantitative estimate of drug-likeness (QED) is 0.581. The normalized spacial score (nSPS) is 11.0. The lowest BCUT2D eigenvalue weighted by molar-refractivity contribution is 0.561. The molecule has 2 heterocycles. The van der Waals surface area contributed by atoms with E-state index in [-0.39, 0.29) is 17.9 Å². The summed E-state index contributed by atoms with van der Waals surface area (Å²) in [5.41, 5.74) is 1.59. The fourth-order valence-electron chi connectivity index (χ4n) is 2.85. The molecule has 0 spiro atoms. The molecule has 118 valence electrons. The minimum absolute atomic E-state index is 0.166.